The van der Waals surface area contributed by atoms with E-state index in [2.05, 4.69) is 25.1 Å². The molecule has 0 radical (unpaired) electrons. The summed E-state index contributed by atoms with van der Waals surface area (Å²) in [5, 5.41) is 10.3. The van der Waals surface area contributed by atoms with Gasteiger partial charge in [0.2, 0.25) is 0 Å². The molecule has 42 heavy (non-hydrogen) atoms. The highest BCUT2D eigenvalue weighted by molar-refractivity contribution is 7.07. The fraction of sp³-hybridized carbons (Fsp3) is 0.414. The van der Waals surface area contributed by atoms with Gasteiger partial charge in [-0.15, -0.1) is 5.10 Å². The molecule has 3 heterocycles. The number of methoxy groups -OCH3 is 2. The molecule has 0 atom stereocenters. The Morgan fingerprint density at radius 2 is 1.60 bits per heavy atom. The Kier molecular flexibility index (Phi) is 9.18. The Bertz CT molecular complexity index is 1450. The van der Waals surface area contributed by atoms with Gasteiger partial charge in [-0.25, -0.2) is 0 Å². The van der Waals surface area contributed by atoms with E-state index in [0.29, 0.717) is 78.2 Å². The molecule has 222 valence electrons. The molecule has 12 nitrogen and oxygen atoms in total. The van der Waals surface area contributed by atoms with E-state index in [9.17, 15) is 14.4 Å². The van der Waals surface area contributed by atoms with Crippen LogP contribution in [-0.2, 0) is 0 Å². The number of amides is 3. The number of nitrogens with zero attached hydrogens (tertiary/aromatic N) is 5. The monoisotopic (exact) mass is 593 g/mol. The van der Waals surface area contributed by atoms with E-state index in [1.54, 1.807) is 36.1 Å². The zero-order valence-corrected chi connectivity index (χ0v) is 24.8. The molecule has 0 bridgehead atoms. The first-order valence-corrected chi connectivity index (χ1v) is 14.7. The van der Waals surface area contributed by atoms with Gasteiger partial charge < -0.3 is 34.8 Å². The van der Waals surface area contributed by atoms with Gasteiger partial charge in [-0.05, 0) is 67.8 Å². The summed E-state index contributed by atoms with van der Waals surface area (Å²) in [7, 11) is 3.05. The zero-order chi connectivity index (χ0) is 29.6. The van der Waals surface area contributed by atoms with E-state index in [4.69, 9.17) is 9.47 Å². The number of carbonyl (C=O) groups is 3. The largest absolute Gasteiger partial charge is 0.493 e. The van der Waals surface area contributed by atoms with Crippen LogP contribution in [0.15, 0.2) is 36.4 Å². The predicted octanol–water partition coefficient (Wildman–Crippen LogP) is 2.51. The normalized spacial score (nSPS) is 15.6. The molecule has 0 aliphatic carbocycles. The molecular weight excluding hydrogens is 558 g/mol. The number of piperazine rings is 1. The summed E-state index contributed by atoms with van der Waals surface area (Å²) < 4.78 is 14.6. The second-order valence-electron chi connectivity index (χ2n) is 10.1. The quantitative estimate of drug-likeness (QED) is 0.425. The molecule has 2 aliphatic heterocycles. The van der Waals surface area contributed by atoms with E-state index in [0.717, 1.165) is 36.7 Å². The van der Waals surface area contributed by atoms with Crippen LogP contribution < -0.4 is 25.0 Å². The summed E-state index contributed by atoms with van der Waals surface area (Å²) in [5.74, 6) is 0.470. The van der Waals surface area contributed by atoms with Crippen LogP contribution in [0.4, 0.5) is 11.4 Å². The highest BCUT2D eigenvalue weighted by Crippen LogP contribution is 2.32. The van der Waals surface area contributed by atoms with Crippen molar-refractivity contribution in [2.24, 2.45) is 0 Å². The van der Waals surface area contributed by atoms with Gasteiger partial charge in [-0.2, -0.15) is 0 Å². The molecule has 0 saturated carbocycles. The van der Waals surface area contributed by atoms with Gasteiger partial charge in [0, 0.05) is 56.9 Å². The van der Waals surface area contributed by atoms with Crippen molar-refractivity contribution in [3.8, 4) is 11.5 Å². The first-order valence-electron chi connectivity index (χ1n) is 13.9. The summed E-state index contributed by atoms with van der Waals surface area (Å²) in [6.45, 7) is 6.81. The van der Waals surface area contributed by atoms with Crippen LogP contribution in [0.5, 0.6) is 11.5 Å². The van der Waals surface area contributed by atoms with Crippen molar-refractivity contribution in [2.45, 2.75) is 13.3 Å². The Morgan fingerprint density at radius 3 is 2.31 bits per heavy atom. The van der Waals surface area contributed by atoms with E-state index in [-0.39, 0.29) is 17.7 Å². The van der Waals surface area contributed by atoms with Crippen molar-refractivity contribution in [1.29, 1.82) is 0 Å². The van der Waals surface area contributed by atoms with Gasteiger partial charge in [-0.3, -0.25) is 14.4 Å². The van der Waals surface area contributed by atoms with Crippen LogP contribution in [0.25, 0.3) is 0 Å². The summed E-state index contributed by atoms with van der Waals surface area (Å²) in [4.78, 5) is 46.2. The van der Waals surface area contributed by atoms with Crippen molar-refractivity contribution in [1.82, 2.24) is 24.7 Å². The van der Waals surface area contributed by atoms with E-state index in [1.807, 2.05) is 17.0 Å². The molecular formula is C29H35N7O5S. The molecule has 2 saturated heterocycles. The molecule has 2 aromatic carbocycles. The van der Waals surface area contributed by atoms with Crippen LogP contribution in [0.1, 0.15) is 42.5 Å². The lowest BCUT2D eigenvalue weighted by atomic mass is 10.1. The second-order valence-corrected chi connectivity index (χ2v) is 10.9. The Labute approximate surface area is 248 Å². The fourth-order valence-electron chi connectivity index (χ4n) is 5.17. The summed E-state index contributed by atoms with van der Waals surface area (Å²) in [6, 6.07) is 10.4. The van der Waals surface area contributed by atoms with Crippen LogP contribution in [0, 0.1) is 6.92 Å². The van der Waals surface area contributed by atoms with Gasteiger partial charge >= 0.3 is 0 Å². The van der Waals surface area contributed by atoms with Gasteiger partial charge in [-0.1, -0.05) is 4.49 Å². The molecule has 3 amide bonds. The SMILES string of the molecule is COc1ccc(C(=O)Nc2cc(C(=O)N3CCCNCC3)ccc2N2CCN(C(=O)c3snnc3C)CC2)cc1OC. The maximum atomic E-state index is 13.5. The molecule has 1 aromatic heterocycles. The number of hydrogen-bond donors (Lipinski definition) is 2. The van der Waals surface area contributed by atoms with Crippen molar-refractivity contribution in [3.05, 3.63) is 58.1 Å². The Balaban J connectivity index is 1.40. The maximum absolute atomic E-state index is 13.5. The van der Waals surface area contributed by atoms with Crippen molar-refractivity contribution in [3.63, 3.8) is 0 Å². The number of benzene rings is 2. The number of rotatable bonds is 7. The minimum atomic E-state index is -0.345. The lowest BCUT2D eigenvalue weighted by Gasteiger charge is -2.37. The third kappa shape index (κ3) is 6.31. The van der Waals surface area contributed by atoms with Gasteiger partial charge in [0.1, 0.15) is 4.88 Å². The maximum Gasteiger partial charge on any atom is 0.267 e. The highest BCUT2D eigenvalue weighted by Gasteiger charge is 2.27. The van der Waals surface area contributed by atoms with E-state index < -0.39 is 0 Å². The smallest absolute Gasteiger partial charge is 0.267 e. The van der Waals surface area contributed by atoms with E-state index in [1.165, 1.54) is 14.2 Å². The van der Waals surface area contributed by atoms with Gasteiger partial charge in [0.25, 0.3) is 17.7 Å². The number of ether oxygens (including phenoxy) is 2. The second kappa shape index (κ2) is 13.2. The molecule has 5 rings (SSSR count). The number of anilines is 2. The lowest BCUT2D eigenvalue weighted by molar-refractivity contribution is 0.0747. The van der Waals surface area contributed by atoms with Gasteiger partial charge in [0.05, 0.1) is 31.3 Å². The van der Waals surface area contributed by atoms with Crippen LogP contribution in [0.2, 0.25) is 0 Å². The van der Waals surface area contributed by atoms with Crippen LogP contribution in [-0.4, -0.2) is 104 Å². The average Bonchev–Trinajstić information content (AvgIpc) is 3.27. The highest BCUT2D eigenvalue weighted by atomic mass is 32.1. The van der Waals surface area contributed by atoms with Crippen LogP contribution >= 0.6 is 11.5 Å². The third-order valence-electron chi connectivity index (χ3n) is 7.52. The number of nitrogens with one attached hydrogen (secondary N) is 2. The Morgan fingerprint density at radius 1 is 0.857 bits per heavy atom. The molecule has 0 spiro atoms. The van der Waals surface area contributed by atoms with Crippen molar-refractivity contribution in [2.75, 3.05) is 76.8 Å². The number of aromatic nitrogens is 2. The molecule has 2 N–H and O–H groups in total. The zero-order valence-electron chi connectivity index (χ0n) is 24.0. The average molecular weight is 594 g/mol. The number of carbonyl (C=O) groups excluding carboxylic acids is 3. The first-order chi connectivity index (χ1) is 20.4. The number of hydrogen-bond acceptors (Lipinski definition) is 10. The fourth-order valence-corrected chi connectivity index (χ4v) is 5.80. The van der Waals surface area contributed by atoms with Gasteiger partial charge in [0.15, 0.2) is 11.5 Å². The topological polar surface area (TPSA) is 129 Å². The lowest BCUT2D eigenvalue weighted by Crippen LogP contribution is -2.49. The summed E-state index contributed by atoms with van der Waals surface area (Å²) in [5.41, 5.74) is 2.83. The standard InChI is InChI=1S/C29H35N7O5S/c1-19-26(42-33-32-19)29(39)36-15-13-34(14-16-36)23-7-5-21(28(38)35-11-4-9-30-10-12-35)17-22(23)31-27(37)20-6-8-24(40-2)25(18-20)41-3/h5-8,17-18,30H,4,9-16H2,1-3H3,(H,31,37). The molecule has 13 heteroatoms. The third-order valence-corrected chi connectivity index (χ3v) is 8.33. The summed E-state index contributed by atoms with van der Waals surface area (Å²) in [6.07, 6.45) is 0.882. The van der Waals surface area contributed by atoms with E-state index >= 15 is 0 Å². The minimum absolute atomic E-state index is 0.0722. The Hall–Kier alpha value is -4.23. The number of aryl methyl sites for hydroxylation is 1. The van der Waals surface area contributed by atoms with Crippen LogP contribution in [0.3, 0.4) is 0 Å². The minimum Gasteiger partial charge on any atom is -0.493 e. The molecule has 0 unspecified atom stereocenters. The summed E-state index contributed by atoms with van der Waals surface area (Å²) >= 11 is 1.11. The first kappa shape index (κ1) is 29.3. The molecule has 3 aromatic rings. The van der Waals surface area contributed by atoms with Crippen molar-refractivity contribution < 1.29 is 23.9 Å². The molecule has 2 fully saturated rings. The van der Waals surface area contributed by atoms with Crippen molar-refractivity contribution >= 4 is 40.6 Å². The predicted molar refractivity (Wildman–Crippen MR) is 160 cm³/mol. The molecule has 2 aliphatic rings.